The fourth-order valence-electron chi connectivity index (χ4n) is 1.34. The Kier molecular flexibility index (Phi) is 4.22. The second-order valence-corrected chi connectivity index (χ2v) is 5.38. The average molecular weight is 324 g/mol. The van der Waals surface area contributed by atoms with Gasteiger partial charge in [-0.05, 0) is 36.4 Å². The van der Waals surface area contributed by atoms with E-state index in [9.17, 15) is 0 Å². The van der Waals surface area contributed by atoms with Crippen molar-refractivity contribution in [3.8, 4) is 0 Å². The first-order valence-corrected chi connectivity index (χ1v) is 6.68. The molecule has 0 bridgehead atoms. The lowest BCUT2D eigenvalue weighted by Crippen LogP contribution is -2.14. The molecule has 1 aromatic heterocycles. The van der Waals surface area contributed by atoms with E-state index < -0.39 is 0 Å². The van der Waals surface area contributed by atoms with Gasteiger partial charge in [0.05, 0.1) is 5.56 Å². The van der Waals surface area contributed by atoms with E-state index >= 15 is 0 Å². The van der Waals surface area contributed by atoms with Crippen LogP contribution in [0, 0.1) is 0 Å². The zero-order chi connectivity index (χ0) is 13.0. The van der Waals surface area contributed by atoms with E-state index in [1.807, 2.05) is 24.3 Å². The van der Waals surface area contributed by atoms with Gasteiger partial charge in [0.2, 0.25) is 0 Å². The van der Waals surface area contributed by atoms with Crippen LogP contribution in [-0.2, 0) is 0 Å². The van der Waals surface area contributed by atoms with Crippen LogP contribution in [0.25, 0.3) is 0 Å². The van der Waals surface area contributed by atoms with E-state index in [0.717, 1.165) is 9.37 Å². The normalized spacial score (nSPS) is 11.5. The molecule has 3 N–H and O–H groups in total. The van der Waals surface area contributed by atoms with E-state index in [-0.39, 0.29) is 5.84 Å². The van der Waals surface area contributed by atoms with Gasteiger partial charge < -0.3 is 10.9 Å². The van der Waals surface area contributed by atoms with Gasteiger partial charge in [-0.15, -0.1) is 0 Å². The molecule has 0 aliphatic carbocycles. The lowest BCUT2D eigenvalue weighted by atomic mass is 10.3. The van der Waals surface area contributed by atoms with Crippen LogP contribution in [0.15, 0.2) is 62.1 Å². The fourth-order valence-corrected chi connectivity index (χ4v) is 2.49. The third-order valence-corrected chi connectivity index (χ3v) is 3.74. The van der Waals surface area contributed by atoms with Crippen LogP contribution in [0.4, 0.5) is 0 Å². The monoisotopic (exact) mass is 323 g/mol. The van der Waals surface area contributed by atoms with E-state index in [2.05, 4.69) is 26.1 Å². The molecule has 0 saturated carbocycles. The summed E-state index contributed by atoms with van der Waals surface area (Å²) in [4.78, 5) is 5.28. The second-order valence-electron chi connectivity index (χ2n) is 3.40. The number of oxime groups is 1. The van der Waals surface area contributed by atoms with Crippen molar-refractivity contribution in [1.29, 1.82) is 0 Å². The minimum Gasteiger partial charge on any atom is -0.409 e. The number of nitrogens with zero attached hydrogens (tertiary/aromatic N) is 2. The van der Waals surface area contributed by atoms with E-state index in [4.69, 9.17) is 10.9 Å². The summed E-state index contributed by atoms with van der Waals surface area (Å²) in [5, 5.41) is 12.4. The van der Waals surface area contributed by atoms with Crippen LogP contribution in [0.1, 0.15) is 5.56 Å². The van der Waals surface area contributed by atoms with Crippen molar-refractivity contribution in [3.05, 3.63) is 52.6 Å². The zero-order valence-corrected chi connectivity index (χ0v) is 11.6. The molecule has 4 nitrogen and oxygen atoms in total. The van der Waals surface area contributed by atoms with Gasteiger partial charge in [0.25, 0.3) is 0 Å². The standard InChI is InChI=1S/C12H10BrN3OS/c13-8-3-5-9(6-4-8)18-12-10(11(14)16-17)2-1-7-15-12/h1-7,17H,(H2,14,16). The largest absolute Gasteiger partial charge is 0.409 e. The molecule has 0 fully saturated rings. The molecule has 0 unspecified atom stereocenters. The summed E-state index contributed by atoms with van der Waals surface area (Å²) in [6.07, 6.45) is 1.68. The molecular weight excluding hydrogens is 314 g/mol. The van der Waals surface area contributed by atoms with E-state index in [0.29, 0.717) is 10.6 Å². The summed E-state index contributed by atoms with van der Waals surface area (Å²) in [7, 11) is 0. The Morgan fingerprint density at radius 3 is 2.67 bits per heavy atom. The minimum absolute atomic E-state index is 0.0581. The molecule has 0 aliphatic rings. The Morgan fingerprint density at radius 2 is 2.00 bits per heavy atom. The fraction of sp³-hybridized carbons (Fsp3) is 0. The Labute approximate surface area is 117 Å². The summed E-state index contributed by atoms with van der Waals surface area (Å²) < 4.78 is 1.02. The SMILES string of the molecule is N/C(=N\O)c1cccnc1Sc1ccc(Br)cc1. The maximum atomic E-state index is 8.73. The molecular formula is C12H10BrN3OS. The van der Waals surface area contributed by atoms with Crippen molar-refractivity contribution in [2.75, 3.05) is 0 Å². The first-order chi connectivity index (χ1) is 8.70. The molecule has 0 radical (unpaired) electrons. The van der Waals surface area contributed by atoms with Crippen molar-refractivity contribution >= 4 is 33.5 Å². The van der Waals surface area contributed by atoms with Crippen LogP contribution in [0.5, 0.6) is 0 Å². The summed E-state index contributed by atoms with van der Waals surface area (Å²) in [6.45, 7) is 0. The third-order valence-electron chi connectivity index (χ3n) is 2.18. The van der Waals surface area contributed by atoms with Gasteiger partial charge in [0.15, 0.2) is 5.84 Å². The topological polar surface area (TPSA) is 71.5 Å². The van der Waals surface area contributed by atoms with Crippen LogP contribution < -0.4 is 5.73 Å². The summed E-state index contributed by atoms with van der Waals surface area (Å²) in [5.74, 6) is 0.0581. The Morgan fingerprint density at radius 1 is 1.28 bits per heavy atom. The van der Waals surface area contributed by atoms with Gasteiger partial charge in [-0.1, -0.05) is 32.8 Å². The number of hydrogen-bond donors (Lipinski definition) is 2. The van der Waals surface area contributed by atoms with Crippen LogP contribution in [0.2, 0.25) is 0 Å². The quantitative estimate of drug-likeness (QED) is 0.394. The molecule has 1 heterocycles. The Balaban J connectivity index is 2.32. The first-order valence-electron chi connectivity index (χ1n) is 5.07. The number of pyridine rings is 1. The number of aromatic nitrogens is 1. The highest BCUT2D eigenvalue weighted by Gasteiger charge is 2.09. The summed E-state index contributed by atoms with van der Waals surface area (Å²) >= 11 is 4.85. The predicted molar refractivity (Wildman–Crippen MR) is 75.0 cm³/mol. The summed E-state index contributed by atoms with van der Waals surface area (Å²) in [6, 6.07) is 11.4. The number of rotatable bonds is 3. The first kappa shape index (κ1) is 12.9. The predicted octanol–water partition coefficient (Wildman–Crippen LogP) is 3.09. The van der Waals surface area contributed by atoms with Crippen molar-refractivity contribution in [2.45, 2.75) is 9.92 Å². The van der Waals surface area contributed by atoms with Crippen molar-refractivity contribution < 1.29 is 5.21 Å². The van der Waals surface area contributed by atoms with Gasteiger partial charge in [0, 0.05) is 15.6 Å². The van der Waals surface area contributed by atoms with Gasteiger partial charge in [-0.25, -0.2) is 4.98 Å². The molecule has 2 aromatic rings. The highest BCUT2D eigenvalue weighted by atomic mass is 79.9. The highest BCUT2D eigenvalue weighted by molar-refractivity contribution is 9.10. The minimum atomic E-state index is 0.0581. The molecule has 0 aliphatic heterocycles. The molecule has 2 rings (SSSR count). The van der Waals surface area contributed by atoms with Crippen molar-refractivity contribution in [2.24, 2.45) is 10.9 Å². The number of halogens is 1. The molecule has 0 amide bonds. The molecule has 1 aromatic carbocycles. The third kappa shape index (κ3) is 3.02. The Bertz CT molecular complexity index is 572. The molecule has 6 heteroatoms. The smallest absolute Gasteiger partial charge is 0.172 e. The number of nitrogens with two attached hydrogens (primary N) is 1. The lowest BCUT2D eigenvalue weighted by molar-refractivity contribution is 0.318. The second kappa shape index (κ2) is 5.88. The zero-order valence-electron chi connectivity index (χ0n) is 9.25. The molecule has 92 valence electrons. The molecule has 0 atom stereocenters. The van der Waals surface area contributed by atoms with Crippen LogP contribution in [0.3, 0.4) is 0 Å². The molecule has 0 saturated heterocycles. The van der Waals surface area contributed by atoms with Gasteiger partial charge >= 0.3 is 0 Å². The van der Waals surface area contributed by atoms with E-state index in [1.54, 1.807) is 18.3 Å². The van der Waals surface area contributed by atoms with Gasteiger partial charge in [0.1, 0.15) is 5.03 Å². The number of benzene rings is 1. The van der Waals surface area contributed by atoms with Crippen molar-refractivity contribution in [3.63, 3.8) is 0 Å². The van der Waals surface area contributed by atoms with Crippen LogP contribution >= 0.6 is 27.7 Å². The number of hydrogen-bond acceptors (Lipinski definition) is 4. The van der Waals surface area contributed by atoms with Gasteiger partial charge in [-0.3, -0.25) is 0 Å². The number of amidine groups is 1. The summed E-state index contributed by atoms with van der Waals surface area (Å²) in [5.41, 5.74) is 6.23. The molecule has 18 heavy (non-hydrogen) atoms. The highest BCUT2D eigenvalue weighted by Crippen LogP contribution is 2.29. The van der Waals surface area contributed by atoms with E-state index in [1.165, 1.54) is 11.8 Å². The average Bonchev–Trinajstić information content (AvgIpc) is 2.41. The lowest BCUT2D eigenvalue weighted by Gasteiger charge is -2.06. The molecule has 0 spiro atoms. The Hall–Kier alpha value is -1.53. The van der Waals surface area contributed by atoms with Crippen molar-refractivity contribution in [1.82, 2.24) is 4.98 Å². The maximum Gasteiger partial charge on any atom is 0.172 e. The van der Waals surface area contributed by atoms with Gasteiger partial charge in [-0.2, -0.15) is 0 Å². The van der Waals surface area contributed by atoms with Crippen LogP contribution in [-0.4, -0.2) is 16.0 Å². The maximum absolute atomic E-state index is 8.73.